The average Bonchev–Trinajstić information content (AvgIpc) is 2.61. The molecule has 0 bridgehead atoms. The Kier molecular flexibility index (Phi) is 4.86. The van der Waals surface area contributed by atoms with Gasteiger partial charge in [0.15, 0.2) is 0 Å². The van der Waals surface area contributed by atoms with Crippen LogP contribution in [0.5, 0.6) is 0 Å². The topological polar surface area (TPSA) is 58.1 Å². The monoisotopic (exact) mass is 310 g/mol. The van der Waals surface area contributed by atoms with E-state index in [1.54, 1.807) is 6.20 Å². The van der Waals surface area contributed by atoms with Crippen molar-refractivity contribution in [3.8, 4) is 0 Å². The second kappa shape index (κ2) is 7.22. The normalized spacial score (nSPS) is 14.6. The summed E-state index contributed by atoms with van der Waals surface area (Å²) in [6.07, 6.45) is 5.28. The fourth-order valence-electron chi connectivity index (χ4n) is 2.80. The third-order valence-corrected chi connectivity index (χ3v) is 4.15. The lowest BCUT2D eigenvalue weighted by Gasteiger charge is -2.26. The Labute approximate surface area is 136 Å². The zero-order valence-electron chi connectivity index (χ0n) is 13.5. The molecule has 0 saturated carbocycles. The van der Waals surface area contributed by atoms with Crippen LogP contribution in [0.4, 0.5) is 5.95 Å². The highest BCUT2D eigenvalue weighted by molar-refractivity contribution is 5.94. The molecule has 1 fully saturated rings. The Morgan fingerprint density at radius 3 is 2.61 bits per heavy atom. The molecule has 0 radical (unpaired) electrons. The molecule has 1 amide bonds. The van der Waals surface area contributed by atoms with Gasteiger partial charge < -0.3 is 10.2 Å². The van der Waals surface area contributed by atoms with Gasteiger partial charge in [-0.3, -0.25) is 4.79 Å². The third kappa shape index (κ3) is 3.86. The second-order valence-corrected chi connectivity index (χ2v) is 5.89. The van der Waals surface area contributed by atoms with Crippen LogP contribution in [0.25, 0.3) is 0 Å². The molecular weight excluding hydrogens is 288 g/mol. The lowest BCUT2D eigenvalue weighted by atomic mass is 10.1. The molecule has 1 aliphatic rings. The van der Waals surface area contributed by atoms with E-state index < -0.39 is 0 Å². The van der Waals surface area contributed by atoms with Gasteiger partial charge in [0.25, 0.3) is 5.91 Å². The predicted octanol–water partition coefficient (Wildman–Crippen LogP) is 2.71. The summed E-state index contributed by atoms with van der Waals surface area (Å²) in [5.41, 5.74) is 2.34. The lowest BCUT2D eigenvalue weighted by Crippen LogP contribution is -2.31. The summed E-state index contributed by atoms with van der Waals surface area (Å²) >= 11 is 0. The minimum absolute atomic E-state index is 0.128. The number of rotatable bonds is 4. The molecular formula is C18H22N4O. The van der Waals surface area contributed by atoms with Crippen molar-refractivity contribution in [1.82, 2.24) is 15.3 Å². The van der Waals surface area contributed by atoms with E-state index in [1.807, 2.05) is 37.3 Å². The fourth-order valence-corrected chi connectivity index (χ4v) is 2.80. The first kappa shape index (κ1) is 15.5. The van der Waals surface area contributed by atoms with Crippen LogP contribution >= 0.6 is 0 Å². The van der Waals surface area contributed by atoms with Crippen molar-refractivity contribution >= 4 is 11.9 Å². The van der Waals surface area contributed by atoms with Gasteiger partial charge in [0.05, 0.1) is 11.3 Å². The zero-order valence-corrected chi connectivity index (χ0v) is 13.5. The van der Waals surface area contributed by atoms with E-state index in [0.717, 1.165) is 30.3 Å². The van der Waals surface area contributed by atoms with Gasteiger partial charge in [-0.2, -0.15) is 0 Å². The molecule has 1 N–H and O–H groups in total. The highest BCUT2D eigenvalue weighted by Gasteiger charge is 2.16. The maximum absolute atomic E-state index is 12.3. The quantitative estimate of drug-likeness (QED) is 0.943. The molecule has 1 aromatic heterocycles. The summed E-state index contributed by atoms with van der Waals surface area (Å²) in [6, 6.07) is 9.86. The number of hydrogen-bond donors (Lipinski definition) is 1. The molecule has 120 valence electrons. The van der Waals surface area contributed by atoms with Gasteiger partial charge >= 0.3 is 0 Å². The number of carbonyl (C=O) groups excluding carboxylic acids is 1. The molecule has 5 nitrogen and oxygen atoms in total. The predicted molar refractivity (Wildman–Crippen MR) is 90.4 cm³/mol. The van der Waals surface area contributed by atoms with Gasteiger partial charge in [0.1, 0.15) is 0 Å². The van der Waals surface area contributed by atoms with Gasteiger partial charge in [-0.05, 0) is 31.7 Å². The minimum atomic E-state index is -0.128. The molecule has 1 aromatic carbocycles. The van der Waals surface area contributed by atoms with Crippen molar-refractivity contribution in [2.24, 2.45) is 0 Å². The summed E-state index contributed by atoms with van der Waals surface area (Å²) < 4.78 is 0. The minimum Gasteiger partial charge on any atom is -0.348 e. The molecule has 3 rings (SSSR count). The Hall–Kier alpha value is -2.43. The van der Waals surface area contributed by atoms with Crippen molar-refractivity contribution in [2.75, 3.05) is 18.0 Å². The van der Waals surface area contributed by atoms with E-state index in [2.05, 4.69) is 20.2 Å². The number of nitrogens with zero attached hydrogens (tertiary/aromatic N) is 3. The Morgan fingerprint density at radius 2 is 1.91 bits per heavy atom. The standard InChI is InChI=1S/C18H22N4O/c1-14-16(17(23)19-12-15-8-4-2-5-9-15)13-20-18(21-14)22-10-6-3-7-11-22/h2,4-5,8-9,13H,3,6-7,10-12H2,1H3,(H,19,23). The van der Waals surface area contributed by atoms with E-state index in [4.69, 9.17) is 0 Å². The van der Waals surface area contributed by atoms with Gasteiger partial charge in [0, 0.05) is 25.8 Å². The first-order valence-electron chi connectivity index (χ1n) is 8.15. The summed E-state index contributed by atoms with van der Waals surface area (Å²) in [5.74, 6) is 0.610. The summed E-state index contributed by atoms with van der Waals surface area (Å²) in [4.78, 5) is 23.4. The van der Waals surface area contributed by atoms with E-state index in [9.17, 15) is 4.79 Å². The maximum atomic E-state index is 12.3. The Bertz CT molecular complexity index is 666. The smallest absolute Gasteiger partial charge is 0.254 e. The first-order valence-corrected chi connectivity index (χ1v) is 8.15. The van der Waals surface area contributed by atoms with Gasteiger partial charge in [-0.15, -0.1) is 0 Å². The number of piperidine rings is 1. The largest absolute Gasteiger partial charge is 0.348 e. The SMILES string of the molecule is Cc1nc(N2CCCCC2)ncc1C(=O)NCc1ccccc1. The van der Waals surface area contributed by atoms with Crippen LogP contribution in [0.2, 0.25) is 0 Å². The van der Waals surface area contributed by atoms with Crippen LogP contribution in [0.15, 0.2) is 36.5 Å². The van der Waals surface area contributed by atoms with E-state index >= 15 is 0 Å². The number of aromatic nitrogens is 2. The van der Waals surface area contributed by atoms with Gasteiger partial charge in [-0.25, -0.2) is 9.97 Å². The van der Waals surface area contributed by atoms with Crippen LogP contribution in [0.3, 0.4) is 0 Å². The van der Waals surface area contributed by atoms with E-state index in [1.165, 1.54) is 19.3 Å². The number of anilines is 1. The zero-order chi connectivity index (χ0) is 16.1. The van der Waals surface area contributed by atoms with Crippen LogP contribution in [0.1, 0.15) is 40.9 Å². The van der Waals surface area contributed by atoms with Crippen LogP contribution < -0.4 is 10.2 Å². The van der Waals surface area contributed by atoms with Crippen molar-refractivity contribution in [3.05, 3.63) is 53.3 Å². The Morgan fingerprint density at radius 1 is 1.17 bits per heavy atom. The molecule has 2 heterocycles. The molecule has 5 heteroatoms. The van der Waals surface area contributed by atoms with E-state index in [-0.39, 0.29) is 5.91 Å². The molecule has 0 spiro atoms. The third-order valence-electron chi connectivity index (χ3n) is 4.15. The number of hydrogen-bond acceptors (Lipinski definition) is 4. The van der Waals surface area contributed by atoms with Crippen LogP contribution in [-0.2, 0) is 6.54 Å². The van der Waals surface area contributed by atoms with Crippen LogP contribution in [0, 0.1) is 6.92 Å². The molecule has 1 aliphatic heterocycles. The molecule has 0 atom stereocenters. The number of benzene rings is 1. The summed E-state index contributed by atoms with van der Waals surface area (Å²) in [7, 11) is 0. The van der Waals surface area contributed by atoms with Crippen molar-refractivity contribution in [1.29, 1.82) is 0 Å². The highest BCUT2D eigenvalue weighted by atomic mass is 16.1. The first-order chi connectivity index (χ1) is 11.2. The second-order valence-electron chi connectivity index (χ2n) is 5.89. The number of amides is 1. The number of aryl methyl sites for hydroxylation is 1. The van der Waals surface area contributed by atoms with Gasteiger partial charge in [-0.1, -0.05) is 30.3 Å². The molecule has 23 heavy (non-hydrogen) atoms. The molecule has 0 aliphatic carbocycles. The molecule has 2 aromatic rings. The summed E-state index contributed by atoms with van der Waals surface area (Å²) in [6.45, 7) is 4.37. The number of carbonyl (C=O) groups is 1. The molecule has 1 saturated heterocycles. The number of nitrogens with one attached hydrogen (secondary N) is 1. The average molecular weight is 310 g/mol. The Balaban J connectivity index is 1.66. The highest BCUT2D eigenvalue weighted by Crippen LogP contribution is 2.17. The van der Waals surface area contributed by atoms with Crippen molar-refractivity contribution in [2.45, 2.75) is 32.7 Å². The lowest BCUT2D eigenvalue weighted by molar-refractivity contribution is 0.0949. The maximum Gasteiger partial charge on any atom is 0.254 e. The molecule has 0 unspecified atom stereocenters. The van der Waals surface area contributed by atoms with Gasteiger partial charge in [0.2, 0.25) is 5.95 Å². The summed E-state index contributed by atoms with van der Waals surface area (Å²) in [5, 5.41) is 2.92. The fraction of sp³-hybridized carbons (Fsp3) is 0.389. The van der Waals surface area contributed by atoms with Crippen molar-refractivity contribution in [3.63, 3.8) is 0 Å². The van der Waals surface area contributed by atoms with Crippen LogP contribution in [-0.4, -0.2) is 29.0 Å². The van der Waals surface area contributed by atoms with E-state index in [0.29, 0.717) is 12.1 Å². The van der Waals surface area contributed by atoms with Crippen molar-refractivity contribution < 1.29 is 4.79 Å².